The molecule has 0 radical (unpaired) electrons. The number of carbonyl (C=O) groups excluding carboxylic acids is 1. The number of anilines is 1. The molecule has 0 bridgehead atoms. The Balaban J connectivity index is 1.68. The maximum absolute atomic E-state index is 13.2. The molecule has 0 unspecified atom stereocenters. The molecule has 2 N–H and O–H groups in total. The average Bonchev–Trinajstić information content (AvgIpc) is 3.07. The highest BCUT2D eigenvalue weighted by atomic mass is 79.9. The molecule has 164 valence electrons. The van der Waals surface area contributed by atoms with Gasteiger partial charge < -0.3 is 10.4 Å². The van der Waals surface area contributed by atoms with Gasteiger partial charge in [-0.3, -0.25) is 9.80 Å². The Morgan fingerprint density at radius 2 is 1.87 bits per heavy atom. The Morgan fingerprint density at radius 3 is 2.55 bits per heavy atom. The van der Waals surface area contributed by atoms with Crippen LogP contribution in [0.25, 0.3) is 0 Å². The summed E-state index contributed by atoms with van der Waals surface area (Å²) in [4.78, 5) is 13.2. The second kappa shape index (κ2) is 9.49. The van der Waals surface area contributed by atoms with Crippen LogP contribution in [-0.2, 0) is 4.79 Å². The van der Waals surface area contributed by atoms with Crippen LogP contribution in [0.15, 0.2) is 52.0 Å². The van der Waals surface area contributed by atoms with E-state index in [4.69, 9.17) is 28.3 Å². The topological polar surface area (TPSA) is 64.9 Å². The molecule has 0 aromatic heterocycles. The van der Waals surface area contributed by atoms with Crippen molar-refractivity contribution in [2.24, 2.45) is 11.0 Å². The molecule has 1 heterocycles. The Kier molecular flexibility index (Phi) is 6.92. The van der Waals surface area contributed by atoms with Gasteiger partial charge in [-0.25, -0.2) is 0 Å². The van der Waals surface area contributed by atoms with E-state index in [1.807, 2.05) is 37.3 Å². The number of nitrogens with zero attached hydrogens (tertiary/aromatic N) is 2. The highest BCUT2D eigenvalue weighted by Gasteiger charge is 2.41. The van der Waals surface area contributed by atoms with Gasteiger partial charge in [0.1, 0.15) is 5.71 Å². The summed E-state index contributed by atoms with van der Waals surface area (Å²) in [5.74, 6) is -0.429. The van der Waals surface area contributed by atoms with E-state index >= 15 is 0 Å². The summed E-state index contributed by atoms with van der Waals surface area (Å²) in [6, 6.07) is 12.8. The summed E-state index contributed by atoms with van der Waals surface area (Å²) in [6.45, 7) is 1.99. The molecule has 1 aliphatic carbocycles. The molecule has 1 fully saturated rings. The molecule has 1 amide bonds. The molecule has 0 spiro atoms. The fraction of sp³-hybridized carbons (Fsp3) is 0.391. The van der Waals surface area contributed by atoms with Gasteiger partial charge >= 0.3 is 0 Å². The summed E-state index contributed by atoms with van der Waals surface area (Å²) in [5.41, 5.74) is 2.13. The summed E-state index contributed by atoms with van der Waals surface area (Å²) in [5, 5.41) is 20.8. The van der Waals surface area contributed by atoms with E-state index in [2.05, 4.69) is 21.2 Å². The van der Waals surface area contributed by atoms with Gasteiger partial charge in [-0.2, -0.15) is 5.10 Å². The molecule has 5 nitrogen and oxygen atoms in total. The van der Waals surface area contributed by atoms with E-state index < -0.39 is 6.10 Å². The maximum Gasteiger partial charge on any atom is 0.268 e. The number of carbonyl (C=O) groups is 1. The average molecular weight is 525 g/mol. The SMILES string of the molecule is C[C@@H]1C(C(=O)N[C@@H]2CCCC[C@H]2O)=NN(c2ccc(Cl)cc2Cl)[C@@H]1c1ccc(Br)cc1. The lowest BCUT2D eigenvalue weighted by atomic mass is 9.89. The molecule has 4 rings (SSSR count). The maximum atomic E-state index is 13.2. The van der Waals surface area contributed by atoms with Crippen LogP contribution in [0.1, 0.15) is 44.2 Å². The minimum absolute atomic E-state index is 0.186. The number of nitrogens with one attached hydrogen (secondary N) is 1. The van der Waals surface area contributed by atoms with Crippen LogP contribution in [0.3, 0.4) is 0 Å². The number of rotatable bonds is 4. The minimum atomic E-state index is -0.515. The molecular weight excluding hydrogens is 501 g/mol. The molecule has 2 aliphatic rings. The normalized spacial score (nSPS) is 26.0. The van der Waals surface area contributed by atoms with Gasteiger partial charge in [0, 0.05) is 15.4 Å². The second-order valence-corrected chi connectivity index (χ2v) is 9.90. The molecule has 1 saturated carbocycles. The highest BCUT2D eigenvalue weighted by molar-refractivity contribution is 9.10. The molecule has 2 aromatic carbocycles. The number of halogens is 3. The summed E-state index contributed by atoms with van der Waals surface area (Å²) < 4.78 is 0.975. The zero-order chi connectivity index (χ0) is 22.1. The van der Waals surface area contributed by atoms with Crippen molar-refractivity contribution in [2.45, 2.75) is 50.8 Å². The summed E-state index contributed by atoms with van der Waals surface area (Å²) in [7, 11) is 0. The van der Waals surface area contributed by atoms with Crippen LogP contribution in [0.2, 0.25) is 10.0 Å². The molecular formula is C23H24BrCl2N3O2. The largest absolute Gasteiger partial charge is 0.391 e. The Bertz CT molecular complexity index is 999. The fourth-order valence-corrected chi connectivity index (χ4v) is 5.12. The molecule has 0 saturated heterocycles. The molecule has 4 atom stereocenters. The molecule has 31 heavy (non-hydrogen) atoms. The third-order valence-corrected chi connectivity index (χ3v) is 7.10. The monoisotopic (exact) mass is 523 g/mol. The smallest absolute Gasteiger partial charge is 0.268 e. The van der Waals surface area contributed by atoms with E-state index in [1.165, 1.54) is 0 Å². The number of aliphatic hydroxyl groups excluding tert-OH is 1. The van der Waals surface area contributed by atoms with Crippen molar-refractivity contribution in [2.75, 3.05) is 5.01 Å². The van der Waals surface area contributed by atoms with Crippen LogP contribution in [-0.4, -0.2) is 28.9 Å². The fourth-order valence-electron chi connectivity index (χ4n) is 4.37. The van der Waals surface area contributed by atoms with Gasteiger partial charge in [0.15, 0.2) is 0 Å². The standard InChI is InChI=1S/C23H24BrCl2N3O2/c1-13-21(23(31)27-18-4-2-3-5-20(18)30)28-29(19-11-10-16(25)12-17(19)26)22(13)14-6-8-15(24)9-7-14/h6-13,18,20,22,30H,2-5H2,1H3,(H,27,31)/t13-,18-,20-,22+/m1/s1. The molecule has 1 aliphatic heterocycles. The number of amides is 1. The highest BCUT2D eigenvalue weighted by Crippen LogP contribution is 2.42. The van der Waals surface area contributed by atoms with Gasteiger partial charge in [0.25, 0.3) is 5.91 Å². The first kappa shape index (κ1) is 22.6. The second-order valence-electron chi connectivity index (χ2n) is 8.14. The van der Waals surface area contributed by atoms with Gasteiger partial charge in [-0.1, -0.05) is 71.0 Å². The van der Waals surface area contributed by atoms with Gasteiger partial charge in [-0.15, -0.1) is 0 Å². The van der Waals surface area contributed by atoms with Crippen molar-refractivity contribution < 1.29 is 9.90 Å². The number of aliphatic hydroxyl groups is 1. The van der Waals surface area contributed by atoms with Gasteiger partial charge in [0.2, 0.25) is 0 Å². The summed E-state index contributed by atoms with van der Waals surface area (Å²) >= 11 is 16.1. The van der Waals surface area contributed by atoms with Crippen molar-refractivity contribution in [3.8, 4) is 0 Å². The zero-order valence-corrected chi connectivity index (χ0v) is 20.2. The quantitative estimate of drug-likeness (QED) is 0.536. The van der Waals surface area contributed by atoms with Gasteiger partial charge in [-0.05, 0) is 48.7 Å². The van der Waals surface area contributed by atoms with Crippen molar-refractivity contribution in [1.29, 1.82) is 0 Å². The summed E-state index contributed by atoms with van der Waals surface area (Å²) in [6.07, 6.45) is 2.95. The third kappa shape index (κ3) is 4.77. The Hall–Kier alpha value is -1.60. The van der Waals surface area contributed by atoms with Crippen LogP contribution < -0.4 is 10.3 Å². The van der Waals surface area contributed by atoms with Crippen LogP contribution >= 0.6 is 39.1 Å². The van der Waals surface area contributed by atoms with Crippen molar-refractivity contribution in [3.05, 3.63) is 62.5 Å². The number of hydrogen-bond acceptors (Lipinski definition) is 4. The predicted molar refractivity (Wildman–Crippen MR) is 129 cm³/mol. The van der Waals surface area contributed by atoms with Crippen LogP contribution in [0.4, 0.5) is 5.69 Å². The minimum Gasteiger partial charge on any atom is -0.391 e. The van der Waals surface area contributed by atoms with E-state index in [1.54, 1.807) is 17.1 Å². The first-order valence-corrected chi connectivity index (χ1v) is 12.0. The Morgan fingerprint density at radius 1 is 1.16 bits per heavy atom. The zero-order valence-electron chi connectivity index (χ0n) is 17.1. The lowest BCUT2D eigenvalue weighted by Crippen LogP contribution is -2.48. The van der Waals surface area contributed by atoms with Crippen LogP contribution in [0.5, 0.6) is 0 Å². The van der Waals surface area contributed by atoms with E-state index in [0.717, 1.165) is 29.3 Å². The Labute approximate surface area is 200 Å². The lowest BCUT2D eigenvalue weighted by molar-refractivity contribution is -0.116. The van der Waals surface area contributed by atoms with Crippen molar-refractivity contribution in [3.63, 3.8) is 0 Å². The first-order chi connectivity index (χ1) is 14.8. The van der Waals surface area contributed by atoms with Gasteiger partial charge in [0.05, 0.1) is 28.9 Å². The number of hydrazone groups is 1. The number of benzene rings is 2. The van der Waals surface area contributed by atoms with E-state index in [0.29, 0.717) is 27.9 Å². The lowest BCUT2D eigenvalue weighted by Gasteiger charge is -2.29. The number of hydrogen-bond donors (Lipinski definition) is 2. The van der Waals surface area contributed by atoms with Crippen molar-refractivity contribution in [1.82, 2.24) is 5.32 Å². The molecule has 2 aromatic rings. The van der Waals surface area contributed by atoms with Crippen LogP contribution in [0, 0.1) is 5.92 Å². The van der Waals surface area contributed by atoms with E-state index in [-0.39, 0.29) is 23.9 Å². The van der Waals surface area contributed by atoms with E-state index in [9.17, 15) is 9.90 Å². The molecule has 8 heteroatoms. The van der Waals surface area contributed by atoms with Crippen molar-refractivity contribution >= 4 is 56.4 Å². The third-order valence-electron chi connectivity index (χ3n) is 6.03. The predicted octanol–water partition coefficient (Wildman–Crippen LogP) is 5.73. The first-order valence-electron chi connectivity index (χ1n) is 10.4.